The lowest BCUT2D eigenvalue weighted by Crippen LogP contribution is -2.32. The molecule has 1 saturated heterocycles. The van der Waals surface area contributed by atoms with Gasteiger partial charge >= 0.3 is 0 Å². The Balaban J connectivity index is 1.45. The molecule has 7 nitrogen and oxygen atoms in total. The lowest BCUT2D eigenvalue weighted by Gasteiger charge is -2.21. The largest absolute Gasteiger partial charge is 0.377 e. The summed E-state index contributed by atoms with van der Waals surface area (Å²) in [7, 11) is 3.84. The zero-order valence-corrected chi connectivity index (χ0v) is 23.2. The van der Waals surface area contributed by atoms with Crippen LogP contribution in [-0.2, 0) is 11.3 Å². The summed E-state index contributed by atoms with van der Waals surface area (Å²) in [5.74, 6) is -0.120. The summed E-state index contributed by atoms with van der Waals surface area (Å²) in [6, 6.07) is 33.0. The van der Waals surface area contributed by atoms with Crippen molar-refractivity contribution in [1.29, 1.82) is 0 Å². The number of ether oxygens (including phenoxy) is 1. The van der Waals surface area contributed by atoms with Gasteiger partial charge in [0, 0.05) is 19.7 Å². The van der Waals surface area contributed by atoms with E-state index in [0.717, 1.165) is 35.2 Å². The molecule has 206 valence electrons. The number of rotatable bonds is 7. The average molecular weight is 545 g/mol. The second kappa shape index (κ2) is 11.4. The van der Waals surface area contributed by atoms with Gasteiger partial charge in [-0.3, -0.25) is 19.5 Å². The summed E-state index contributed by atoms with van der Waals surface area (Å²) in [5, 5.41) is 3.43. The van der Waals surface area contributed by atoms with E-state index in [0.29, 0.717) is 16.5 Å². The number of aromatic nitrogens is 2. The van der Waals surface area contributed by atoms with Crippen LogP contribution in [0.3, 0.4) is 0 Å². The third-order valence-corrected chi connectivity index (χ3v) is 7.55. The van der Waals surface area contributed by atoms with Crippen molar-refractivity contribution in [2.75, 3.05) is 24.3 Å². The molecule has 2 atom stereocenters. The molecule has 41 heavy (non-hydrogen) atoms. The Kier molecular flexibility index (Phi) is 7.35. The first kappa shape index (κ1) is 26.5. The number of nitrogens with one attached hydrogen (secondary N) is 1. The molecule has 0 radical (unpaired) electrons. The zero-order chi connectivity index (χ0) is 28.3. The zero-order valence-electron chi connectivity index (χ0n) is 23.2. The molecule has 5 aromatic rings. The molecule has 6 rings (SSSR count). The van der Waals surface area contributed by atoms with Crippen molar-refractivity contribution in [2.24, 2.45) is 0 Å². The van der Waals surface area contributed by atoms with E-state index in [1.807, 2.05) is 85.7 Å². The van der Waals surface area contributed by atoms with Crippen LogP contribution in [0.15, 0.2) is 108 Å². The van der Waals surface area contributed by atoms with Crippen LogP contribution in [0.1, 0.15) is 34.9 Å². The van der Waals surface area contributed by atoms with Gasteiger partial charge in [-0.1, -0.05) is 78.9 Å². The van der Waals surface area contributed by atoms with Crippen molar-refractivity contribution >= 4 is 28.4 Å². The van der Waals surface area contributed by atoms with Crippen LogP contribution < -0.4 is 15.8 Å². The van der Waals surface area contributed by atoms with Crippen LogP contribution in [0, 0.1) is 0 Å². The fraction of sp³-hybridized carbons (Fsp3) is 0.206. The number of benzene rings is 4. The van der Waals surface area contributed by atoms with Crippen molar-refractivity contribution in [3.8, 4) is 11.1 Å². The average Bonchev–Trinajstić information content (AvgIpc) is 3.48. The van der Waals surface area contributed by atoms with E-state index in [2.05, 4.69) is 17.4 Å². The molecule has 0 saturated carbocycles. The Morgan fingerprint density at radius 3 is 2.24 bits per heavy atom. The lowest BCUT2D eigenvalue weighted by molar-refractivity contribution is 0.0347. The molecule has 2 heterocycles. The number of fused-ring (bicyclic) bond motifs is 1. The minimum Gasteiger partial charge on any atom is -0.377 e. The van der Waals surface area contributed by atoms with Crippen molar-refractivity contribution < 1.29 is 9.53 Å². The number of nitrogens with zero attached hydrogens (tertiary/aromatic N) is 3. The fourth-order valence-corrected chi connectivity index (χ4v) is 5.46. The summed E-state index contributed by atoms with van der Waals surface area (Å²) < 4.78 is 7.97. The molecule has 7 heteroatoms. The molecule has 0 bridgehead atoms. The number of amides is 1. The molecular formula is C34H32N4O3. The first-order chi connectivity index (χ1) is 20.0. The monoisotopic (exact) mass is 544 g/mol. The molecule has 1 amide bonds. The van der Waals surface area contributed by atoms with Gasteiger partial charge in [0.05, 0.1) is 35.3 Å². The summed E-state index contributed by atoms with van der Waals surface area (Å²) in [6.45, 7) is 0.281. The molecule has 1 fully saturated rings. The summed E-state index contributed by atoms with van der Waals surface area (Å²) >= 11 is 0. The van der Waals surface area contributed by atoms with E-state index in [1.165, 1.54) is 0 Å². The highest BCUT2D eigenvalue weighted by molar-refractivity contribution is 6.04. The maximum Gasteiger partial charge on any atom is 0.264 e. The standard InChI is InChI=1S/C34H32N4O3/c1-37(2)29-21-26(23-12-6-3-7-13-23)20-28-31(29)33(40)38(34(35-28)36-32(39)25-16-10-5-11-17-25)22-27-18-19-30(41-27)24-14-8-4-9-15-24/h3-17,20-21,27,30H,18-19,22H2,1-2H3,(H,35,36,39). The number of anilines is 2. The minimum atomic E-state index is -0.327. The molecule has 1 N–H and O–H groups in total. The Labute approximate surface area is 239 Å². The molecule has 1 aromatic heterocycles. The van der Waals surface area contributed by atoms with Crippen LogP contribution in [0.25, 0.3) is 22.0 Å². The van der Waals surface area contributed by atoms with E-state index >= 15 is 0 Å². The van der Waals surface area contributed by atoms with Gasteiger partial charge in [0.15, 0.2) is 0 Å². The number of hydrogen-bond acceptors (Lipinski definition) is 5. The van der Waals surface area contributed by atoms with Gasteiger partial charge in [-0.25, -0.2) is 4.98 Å². The van der Waals surface area contributed by atoms with E-state index in [4.69, 9.17) is 9.72 Å². The highest BCUT2D eigenvalue weighted by Crippen LogP contribution is 2.34. The normalized spacial score (nSPS) is 16.5. The molecule has 4 aromatic carbocycles. The van der Waals surface area contributed by atoms with Crippen LogP contribution in [0.4, 0.5) is 11.6 Å². The van der Waals surface area contributed by atoms with Crippen LogP contribution in [-0.4, -0.2) is 35.7 Å². The van der Waals surface area contributed by atoms with Crippen LogP contribution in [0.2, 0.25) is 0 Å². The van der Waals surface area contributed by atoms with Gasteiger partial charge in [-0.15, -0.1) is 0 Å². The predicted molar refractivity (Wildman–Crippen MR) is 163 cm³/mol. The van der Waals surface area contributed by atoms with Crippen LogP contribution in [0.5, 0.6) is 0 Å². The third-order valence-electron chi connectivity index (χ3n) is 7.55. The Bertz CT molecular complexity index is 1740. The molecule has 1 aliphatic rings. The number of hydrogen-bond donors (Lipinski definition) is 1. The highest BCUT2D eigenvalue weighted by Gasteiger charge is 2.29. The second-order valence-electron chi connectivity index (χ2n) is 10.6. The SMILES string of the molecule is CN(C)c1cc(-c2ccccc2)cc2nc(NC(=O)c3ccccc3)n(CC3CCC(c4ccccc4)O3)c(=O)c12. The van der Waals surface area contributed by atoms with Crippen molar-refractivity contribution in [2.45, 2.75) is 31.6 Å². The summed E-state index contributed by atoms with van der Waals surface area (Å²) in [5.41, 5.74) is 4.65. The number of carbonyl (C=O) groups excluding carboxylic acids is 1. The summed E-state index contributed by atoms with van der Waals surface area (Å²) in [6.07, 6.45) is 1.43. The van der Waals surface area contributed by atoms with Gasteiger partial charge in [0.1, 0.15) is 0 Å². The van der Waals surface area contributed by atoms with Crippen molar-refractivity contribution in [3.63, 3.8) is 0 Å². The fourth-order valence-electron chi connectivity index (χ4n) is 5.46. The first-order valence-electron chi connectivity index (χ1n) is 13.9. The summed E-state index contributed by atoms with van der Waals surface area (Å²) in [4.78, 5) is 34.3. The minimum absolute atomic E-state index is 0.0292. The Hall–Kier alpha value is -4.75. The highest BCUT2D eigenvalue weighted by atomic mass is 16.5. The lowest BCUT2D eigenvalue weighted by atomic mass is 10.0. The van der Waals surface area contributed by atoms with Crippen LogP contribution >= 0.6 is 0 Å². The molecular weight excluding hydrogens is 512 g/mol. The van der Waals surface area contributed by atoms with Gasteiger partial charge in [0.25, 0.3) is 11.5 Å². The van der Waals surface area contributed by atoms with Gasteiger partial charge in [-0.05, 0) is 53.8 Å². The second-order valence-corrected chi connectivity index (χ2v) is 10.6. The van der Waals surface area contributed by atoms with E-state index < -0.39 is 0 Å². The first-order valence-corrected chi connectivity index (χ1v) is 13.9. The maximum atomic E-state index is 14.3. The van der Waals surface area contributed by atoms with Crippen molar-refractivity contribution in [1.82, 2.24) is 9.55 Å². The molecule has 0 aliphatic carbocycles. The van der Waals surface area contributed by atoms with E-state index in [-0.39, 0.29) is 36.2 Å². The Morgan fingerprint density at radius 2 is 1.56 bits per heavy atom. The van der Waals surface area contributed by atoms with Crippen molar-refractivity contribution in [3.05, 3.63) is 125 Å². The Morgan fingerprint density at radius 1 is 0.902 bits per heavy atom. The van der Waals surface area contributed by atoms with Gasteiger partial charge < -0.3 is 9.64 Å². The van der Waals surface area contributed by atoms with Gasteiger partial charge in [0.2, 0.25) is 5.95 Å². The number of carbonyl (C=O) groups is 1. The smallest absolute Gasteiger partial charge is 0.264 e. The van der Waals surface area contributed by atoms with Gasteiger partial charge in [-0.2, -0.15) is 0 Å². The topological polar surface area (TPSA) is 76.5 Å². The van der Waals surface area contributed by atoms with E-state index in [9.17, 15) is 9.59 Å². The molecule has 0 spiro atoms. The maximum absolute atomic E-state index is 14.3. The molecule has 1 aliphatic heterocycles. The third kappa shape index (κ3) is 5.49. The van der Waals surface area contributed by atoms with E-state index in [1.54, 1.807) is 28.8 Å². The molecule has 2 unspecified atom stereocenters. The quantitative estimate of drug-likeness (QED) is 0.260. The predicted octanol–water partition coefficient (Wildman–Crippen LogP) is 6.30.